The topological polar surface area (TPSA) is 56.6 Å². The van der Waals surface area contributed by atoms with E-state index in [1.54, 1.807) is 4.40 Å². The summed E-state index contributed by atoms with van der Waals surface area (Å²) >= 11 is 0. The second-order valence-electron chi connectivity index (χ2n) is 9.87. The van der Waals surface area contributed by atoms with Crippen LogP contribution in [0.15, 0.2) is 120 Å². The monoisotopic (exact) mass is 501 g/mol. The second kappa shape index (κ2) is 7.30. The van der Waals surface area contributed by atoms with E-state index in [1.165, 1.54) is 0 Å². The first-order chi connectivity index (χ1) is 19.3. The fraction of sp³-hybridized carbons (Fsp3) is 0. The third kappa shape index (κ3) is 2.57. The van der Waals surface area contributed by atoms with Crippen LogP contribution in [0, 0.1) is 0 Å². The quantitative estimate of drug-likeness (QED) is 0.182. The number of imidazole rings is 1. The van der Waals surface area contributed by atoms with Gasteiger partial charge in [-0.15, -0.1) is 0 Å². The van der Waals surface area contributed by atoms with Crippen LogP contribution in [-0.2, 0) is 0 Å². The number of aromatic nitrogens is 5. The minimum absolute atomic E-state index is 0.0913. The van der Waals surface area contributed by atoms with E-state index in [0.29, 0.717) is 16.7 Å². The van der Waals surface area contributed by atoms with Gasteiger partial charge in [0.15, 0.2) is 5.65 Å². The van der Waals surface area contributed by atoms with E-state index < -0.39 is 0 Å². The molecule has 4 aromatic heterocycles. The van der Waals surface area contributed by atoms with Gasteiger partial charge in [-0.3, -0.25) is 9.20 Å². The number of para-hydroxylation sites is 5. The van der Waals surface area contributed by atoms with E-state index in [-0.39, 0.29) is 5.56 Å². The van der Waals surface area contributed by atoms with Crippen molar-refractivity contribution in [1.29, 1.82) is 0 Å². The summed E-state index contributed by atoms with van der Waals surface area (Å²) in [5.74, 6) is 0.557. The van der Waals surface area contributed by atoms with Gasteiger partial charge in [-0.05, 0) is 54.6 Å². The zero-order chi connectivity index (χ0) is 25.7. The van der Waals surface area contributed by atoms with Gasteiger partial charge < -0.3 is 4.57 Å². The molecule has 0 bridgehead atoms. The largest absolute Gasteiger partial charge is 0.309 e. The van der Waals surface area contributed by atoms with Gasteiger partial charge in [-0.1, -0.05) is 60.7 Å². The predicted octanol–water partition coefficient (Wildman–Crippen LogP) is 6.90. The van der Waals surface area contributed by atoms with E-state index in [2.05, 4.69) is 59.2 Å². The highest BCUT2D eigenvalue weighted by atomic mass is 16.1. The van der Waals surface area contributed by atoms with Crippen LogP contribution >= 0.6 is 0 Å². The number of rotatable bonds is 1. The smallest absolute Gasteiger partial charge is 0.267 e. The standard InChI is InChI=1S/C33H19N5O/c39-32-21-12-4-6-14-23(21)35-33-37-26-17-9-7-15-24(26)34-31(37)30-28(38(32)33)19-18-27-29(30)22-13-5-8-16-25(22)36(27)20-10-2-1-3-11-20/h1-19H. The minimum atomic E-state index is -0.0913. The summed E-state index contributed by atoms with van der Waals surface area (Å²) in [5, 5.41) is 3.69. The second-order valence-corrected chi connectivity index (χ2v) is 9.87. The number of hydrogen-bond donors (Lipinski definition) is 0. The molecule has 0 saturated heterocycles. The molecule has 0 atom stereocenters. The number of fused-ring (bicyclic) bond motifs is 13. The molecule has 9 aromatic rings. The summed E-state index contributed by atoms with van der Waals surface area (Å²) in [4.78, 5) is 24.3. The van der Waals surface area contributed by atoms with Crippen LogP contribution in [0.25, 0.3) is 71.8 Å². The molecule has 0 fully saturated rings. The Labute approximate surface area is 220 Å². The van der Waals surface area contributed by atoms with Crippen LogP contribution in [-0.4, -0.2) is 23.3 Å². The SMILES string of the molecule is O=c1c2ccccc2nc2n1c1ccc3c(c4ccccc4n3-c3ccccc3)c1c1nc3ccccc3n12. The maximum absolute atomic E-state index is 14.1. The van der Waals surface area contributed by atoms with Crippen molar-refractivity contribution in [3.8, 4) is 5.69 Å². The van der Waals surface area contributed by atoms with Crippen molar-refractivity contribution in [3.05, 3.63) is 126 Å². The first-order valence-corrected chi connectivity index (χ1v) is 12.9. The van der Waals surface area contributed by atoms with Crippen molar-refractivity contribution < 1.29 is 0 Å². The minimum Gasteiger partial charge on any atom is -0.309 e. The van der Waals surface area contributed by atoms with Crippen molar-refractivity contribution >= 4 is 66.1 Å². The summed E-state index contributed by atoms with van der Waals surface area (Å²) in [5.41, 5.74) is 7.17. The molecule has 0 spiro atoms. The van der Waals surface area contributed by atoms with Gasteiger partial charge >= 0.3 is 0 Å². The molecule has 0 unspecified atom stereocenters. The molecule has 0 amide bonds. The van der Waals surface area contributed by atoms with Crippen LogP contribution in [0.5, 0.6) is 0 Å². The fourth-order valence-corrected chi connectivity index (χ4v) is 6.20. The van der Waals surface area contributed by atoms with E-state index in [0.717, 1.165) is 55.1 Å². The van der Waals surface area contributed by atoms with Gasteiger partial charge in [-0.2, -0.15) is 0 Å². The highest BCUT2D eigenvalue weighted by Gasteiger charge is 2.22. The van der Waals surface area contributed by atoms with Gasteiger partial charge in [-0.25, -0.2) is 14.4 Å². The maximum atomic E-state index is 14.1. The van der Waals surface area contributed by atoms with Crippen molar-refractivity contribution in [2.75, 3.05) is 0 Å². The lowest BCUT2D eigenvalue weighted by molar-refractivity contribution is 1.05. The molecule has 0 saturated carbocycles. The Hall–Kier alpha value is -5.49. The molecule has 6 nitrogen and oxygen atoms in total. The first kappa shape index (κ1) is 20.6. The van der Waals surface area contributed by atoms with Gasteiger partial charge in [0.2, 0.25) is 5.78 Å². The summed E-state index contributed by atoms with van der Waals surface area (Å²) < 4.78 is 6.08. The summed E-state index contributed by atoms with van der Waals surface area (Å²) in [6.45, 7) is 0. The Morgan fingerprint density at radius 2 is 1.15 bits per heavy atom. The Bertz CT molecular complexity index is 2520. The predicted molar refractivity (Wildman–Crippen MR) is 157 cm³/mol. The van der Waals surface area contributed by atoms with Gasteiger partial charge in [0, 0.05) is 16.5 Å². The van der Waals surface area contributed by atoms with Crippen molar-refractivity contribution in [3.63, 3.8) is 0 Å². The van der Waals surface area contributed by atoms with Crippen LogP contribution in [0.4, 0.5) is 0 Å². The Balaban J connectivity index is 1.65. The average molecular weight is 502 g/mol. The average Bonchev–Trinajstić information content (AvgIpc) is 3.54. The van der Waals surface area contributed by atoms with Crippen molar-refractivity contribution in [1.82, 2.24) is 23.3 Å². The summed E-state index contributed by atoms with van der Waals surface area (Å²) in [6, 6.07) is 38.6. The number of nitrogens with zero attached hydrogens (tertiary/aromatic N) is 5. The zero-order valence-corrected chi connectivity index (χ0v) is 20.6. The molecule has 6 heteroatoms. The molecule has 5 aromatic carbocycles. The Kier molecular flexibility index (Phi) is 3.85. The maximum Gasteiger partial charge on any atom is 0.267 e. The lowest BCUT2D eigenvalue weighted by Gasteiger charge is -2.12. The molecule has 0 aliphatic carbocycles. The van der Waals surface area contributed by atoms with Crippen molar-refractivity contribution in [2.24, 2.45) is 0 Å². The normalized spacial score (nSPS) is 12.2. The lowest BCUT2D eigenvalue weighted by atomic mass is 10.1. The summed E-state index contributed by atoms with van der Waals surface area (Å²) in [7, 11) is 0. The fourth-order valence-electron chi connectivity index (χ4n) is 6.20. The van der Waals surface area contributed by atoms with E-state index >= 15 is 0 Å². The van der Waals surface area contributed by atoms with E-state index in [9.17, 15) is 4.79 Å². The summed E-state index contributed by atoms with van der Waals surface area (Å²) in [6.07, 6.45) is 0. The van der Waals surface area contributed by atoms with Crippen molar-refractivity contribution in [2.45, 2.75) is 0 Å². The lowest BCUT2D eigenvalue weighted by Crippen LogP contribution is -2.18. The molecule has 0 N–H and O–H groups in total. The molecular formula is C33H19N5O. The number of hydrogen-bond acceptors (Lipinski definition) is 3. The van der Waals surface area contributed by atoms with Crippen LogP contribution < -0.4 is 5.56 Å². The molecule has 39 heavy (non-hydrogen) atoms. The Morgan fingerprint density at radius 3 is 2.00 bits per heavy atom. The number of benzene rings is 5. The van der Waals surface area contributed by atoms with E-state index in [4.69, 9.17) is 9.97 Å². The third-order valence-corrected chi connectivity index (χ3v) is 7.81. The van der Waals surface area contributed by atoms with Gasteiger partial charge in [0.1, 0.15) is 0 Å². The van der Waals surface area contributed by atoms with E-state index in [1.807, 2.05) is 65.1 Å². The van der Waals surface area contributed by atoms with Gasteiger partial charge in [0.05, 0.1) is 43.9 Å². The molecule has 9 rings (SSSR count). The van der Waals surface area contributed by atoms with Crippen LogP contribution in [0.2, 0.25) is 0 Å². The third-order valence-electron chi connectivity index (χ3n) is 7.81. The molecule has 0 radical (unpaired) electrons. The molecule has 0 aliphatic heterocycles. The highest BCUT2D eigenvalue weighted by Crippen LogP contribution is 2.39. The zero-order valence-electron chi connectivity index (χ0n) is 20.6. The highest BCUT2D eigenvalue weighted by molar-refractivity contribution is 6.25. The molecule has 4 heterocycles. The van der Waals surface area contributed by atoms with Gasteiger partial charge in [0.25, 0.3) is 5.56 Å². The Morgan fingerprint density at radius 1 is 0.487 bits per heavy atom. The molecular weight excluding hydrogens is 482 g/mol. The molecule has 182 valence electrons. The van der Waals surface area contributed by atoms with Crippen LogP contribution in [0.3, 0.4) is 0 Å². The molecule has 0 aliphatic rings. The van der Waals surface area contributed by atoms with Crippen LogP contribution in [0.1, 0.15) is 0 Å². The first-order valence-electron chi connectivity index (χ1n) is 12.9.